The molecule has 0 unspecified atom stereocenters. The molecule has 1 aromatic heterocycles. The topological polar surface area (TPSA) is 81.4 Å². The highest BCUT2D eigenvalue weighted by molar-refractivity contribution is 5.95. The monoisotopic (exact) mass is 260 g/mol. The molecule has 0 aliphatic rings. The van der Waals surface area contributed by atoms with Gasteiger partial charge in [-0.05, 0) is 18.2 Å². The Hall–Kier alpha value is -2.63. The molecule has 1 heterocycles. The van der Waals surface area contributed by atoms with E-state index in [2.05, 4.69) is 15.0 Å². The second kappa shape index (κ2) is 5.81. The summed E-state index contributed by atoms with van der Waals surface area (Å²) in [6, 6.07) is 6.51. The number of ether oxygens (including phenoxy) is 1. The van der Waals surface area contributed by atoms with E-state index in [0.29, 0.717) is 16.9 Å². The molecule has 0 fully saturated rings. The lowest BCUT2D eigenvalue weighted by molar-refractivity contribution is -0.115. The van der Waals surface area contributed by atoms with Gasteiger partial charge in [0.05, 0.1) is 24.8 Å². The molecule has 19 heavy (non-hydrogen) atoms. The Balaban J connectivity index is 2.02. The third-order valence-corrected chi connectivity index (χ3v) is 2.39. The molecule has 2 rings (SSSR count). The zero-order valence-corrected chi connectivity index (χ0v) is 10.3. The van der Waals surface area contributed by atoms with Gasteiger partial charge in [0, 0.05) is 5.69 Å². The summed E-state index contributed by atoms with van der Waals surface area (Å²) >= 11 is 0. The van der Waals surface area contributed by atoms with E-state index in [-0.39, 0.29) is 12.3 Å². The molecule has 2 aromatic rings. The largest absolute Gasteiger partial charge is 0.465 e. The standard InChI is InChI=1S/C13H12N2O4/c1-18-13(17)9-3-2-4-10(5-9)15-12(16)6-11-7-19-8-14-11/h2-5,7-8H,6H2,1H3,(H,15,16). The zero-order chi connectivity index (χ0) is 13.7. The number of rotatable bonds is 4. The first-order chi connectivity index (χ1) is 9.19. The van der Waals surface area contributed by atoms with Crippen LogP contribution in [0.25, 0.3) is 0 Å². The second-order valence-corrected chi connectivity index (χ2v) is 3.78. The Morgan fingerprint density at radius 3 is 2.95 bits per heavy atom. The average Bonchev–Trinajstić information content (AvgIpc) is 2.90. The number of nitrogens with one attached hydrogen (secondary N) is 1. The molecule has 0 radical (unpaired) electrons. The maximum absolute atomic E-state index is 11.7. The fourth-order valence-electron chi connectivity index (χ4n) is 1.54. The molecule has 0 saturated heterocycles. The third kappa shape index (κ3) is 3.41. The van der Waals surface area contributed by atoms with Gasteiger partial charge in [0.2, 0.25) is 5.91 Å². The first-order valence-corrected chi connectivity index (χ1v) is 5.54. The van der Waals surface area contributed by atoms with Crippen molar-refractivity contribution in [2.24, 2.45) is 0 Å². The number of hydrogen-bond donors (Lipinski definition) is 1. The molecule has 0 spiro atoms. The lowest BCUT2D eigenvalue weighted by atomic mass is 10.2. The van der Waals surface area contributed by atoms with E-state index in [1.807, 2.05) is 0 Å². The molecule has 98 valence electrons. The fourth-order valence-corrected chi connectivity index (χ4v) is 1.54. The van der Waals surface area contributed by atoms with Gasteiger partial charge in [-0.15, -0.1) is 0 Å². The normalized spacial score (nSPS) is 9.95. The minimum Gasteiger partial charge on any atom is -0.465 e. The highest BCUT2D eigenvalue weighted by Gasteiger charge is 2.09. The van der Waals surface area contributed by atoms with Crippen molar-refractivity contribution in [1.29, 1.82) is 0 Å². The molecule has 0 aliphatic carbocycles. The second-order valence-electron chi connectivity index (χ2n) is 3.78. The Kier molecular flexibility index (Phi) is 3.92. The van der Waals surface area contributed by atoms with Crippen LogP contribution in [0.15, 0.2) is 41.3 Å². The molecule has 0 saturated carbocycles. The molecule has 1 amide bonds. The summed E-state index contributed by atoms with van der Waals surface area (Å²) in [6.07, 6.45) is 2.78. The number of anilines is 1. The fraction of sp³-hybridized carbons (Fsp3) is 0.154. The summed E-state index contributed by atoms with van der Waals surface area (Å²) in [5.41, 5.74) is 1.44. The van der Waals surface area contributed by atoms with E-state index < -0.39 is 5.97 Å². The van der Waals surface area contributed by atoms with Gasteiger partial charge in [0.25, 0.3) is 0 Å². The van der Waals surface area contributed by atoms with Crippen LogP contribution in [0, 0.1) is 0 Å². The number of hydrogen-bond acceptors (Lipinski definition) is 5. The minimum absolute atomic E-state index is 0.110. The van der Waals surface area contributed by atoms with Gasteiger partial charge >= 0.3 is 5.97 Å². The Labute approximate surface area is 109 Å². The molecule has 0 bridgehead atoms. The van der Waals surface area contributed by atoms with E-state index in [9.17, 15) is 9.59 Å². The minimum atomic E-state index is -0.451. The van der Waals surface area contributed by atoms with E-state index in [1.54, 1.807) is 24.3 Å². The number of carbonyl (C=O) groups is 2. The quantitative estimate of drug-likeness (QED) is 0.845. The van der Waals surface area contributed by atoms with Crippen LogP contribution in [-0.2, 0) is 16.0 Å². The van der Waals surface area contributed by atoms with Gasteiger partial charge in [-0.25, -0.2) is 9.78 Å². The molecule has 0 atom stereocenters. The lowest BCUT2D eigenvalue weighted by Crippen LogP contribution is -2.15. The van der Waals surface area contributed by atoms with Crippen molar-refractivity contribution in [3.63, 3.8) is 0 Å². The van der Waals surface area contributed by atoms with Crippen molar-refractivity contribution in [2.45, 2.75) is 6.42 Å². The Bertz CT molecular complexity index is 578. The predicted molar refractivity (Wildman–Crippen MR) is 66.6 cm³/mol. The number of nitrogens with zero attached hydrogens (tertiary/aromatic N) is 1. The smallest absolute Gasteiger partial charge is 0.337 e. The number of benzene rings is 1. The van der Waals surface area contributed by atoms with Crippen molar-refractivity contribution >= 4 is 17.6 Å². The summed E-state index contributed by atoms with van der Waals surface area (Å²) < 4.78 is 9.39. The molecule has 1 aromatic carbocycles. The summed E-state index contributed by atoms with van der Waals surface area (Å²) in [4.78, 5) is 26.9. The highest BCUT2D eigenvalue weighted by Crippen LogP contribution is 2.12. The van der Waals surface area contributed by atoms with Crippen LogP contribution < -0.4 is 5.32 Å². The number of oxazole rings is 1. The van der Waals surface area contributed by atoms with Crippen LogP contribution in [0.4, 0.5) is 5.69 Å². The van der Waals surface area contributed by atoms with Crippen LogP contribution in [0.3, 0.4) is 0 Å². The number of aromatic nitrogens is 1. The Morgan fingerprint density at radius 2 is 2.26 bits per heavy atom. The first-order valence-electron chi connectivity index (χ1n) is 5.54. The molecule has 1 N–H and O–H groups in total. The molecule has 6 heteroatoms. The average molecular weight is 260 g/mol. The van der Waals surface area contributed by atoms with Gasteiger partial charge < -0.3 is 14.5 Å². The molecule has 6 nitrogen and oxygen atoms in total. The summed E-state index contributed by atoms with van der Waals surface area (Å²) in [7, 11) is 1.30. The summed E-state index contributed by atoms with van der Waals surface area (Å²) in [5, 5.41) is 2.67. The number of methoxy groups -OCH3 is 1. The number of esters is 1. The maximum Gasteiger partial charge on any atom is 0.337 e. The van der Waals surface area contributed by atoms with Crippen molar-refractivity contribution in [2.75, 3.05) is 12.4 Å². The zero-order valence-electron chi connectivity index (χ0n) is 10.3. The molecular weight excluding hydrogens is 248 g/mol. The first kappa shape index (κ1) is 12.8. The van der Waals surface area contributed by atoms with Crippen molar-refractivity contribution in [1.82, 2.24) is 4.98 Å². The van der Waals surface area contributed by atoms with Crippen molar-refractivity contribution in [3.05, 3.63) is 48.2 Å². The van der Waals surface area contributed by atoms with Crippen molar-refractivity contribution in [3.8, 4) is 0 Å². The van der Waals surface area contributed by atoms with Gasteiger partial charge in [0.15, 0.2) is 6.39 Å². The van der Waals surface area contributed by atoms with Gasteiger partial charge in [0.1, 0.15) is 6.26 Å². The SMILES string of the molecule is COC(=O)c1cccc(NC(=O)Cc2cocn2)c1. The third-order valence-electron chi connectivity index (χ3n) is 2.39. The van der Waals surface area contributed by atoms with Crippen LogP contribution in [0.2, 0.25) is 0 Å². The van der Waals surface area contributed by atoms with Crippen LogP contribution in [0.1, 0.15) is 16.1 Å². The molecular formula is C13H12N2O4. The van der Waals surface area contributed by atoms with E-state index in [1.165, 1.54) is 19.8 Å². The van der Waals surface area contributed by atoms with Gasteiger partial charge in [-0.1, -0.05) is 6.07 Å². The highest BCUT2D eigenvalue weighted by atomic mass is 16.5. The van der Waals surface area contributed by atoms with Crippen molar-refractivity contribution < 1.29 is 18.7 Å². The summed E-state index contributed by atoms with van der Waals surface area (Å²) in [5.74, 6) is -0.691. The predicted octanol–water partition coefficient (Wildman–Crippen LogP) is 1.64. The van der Waals surface area contributed by atoms with Crippen LogP contribution in [0.5, 0.6) is 0 Å². The van der Waals surface area contributed by atoms with Crippen LogP contribution >= 0.6 is 0 Å². The Morgan fingerprint density at radius 1 is 1.42 bits per heavy atom. The molecule has 0 aliphatic heterocycles. The summed E-state index contributed by atoms with van der Waals surface area (Å²) in [6.45, 7) is 0. The maximum atomic E-state index is 11.7. The number of amides is 1. The van der Waals surface area contributed by atoms with E-state index in [4.69, 9.17) is 4.42 Å². The number of carbonyl (C=O) groups excluding carboxylic acids is 2. The van der Waals surface area contributed by atoms with Gasteiger partial charge in [-0.3, -0.25) is 4.79 Å². The van der Waals surface area contributed by atoms with Gasteiger partial charge in [-0.2, -0.15) is 0 Å². The van der Waals surface area contributed by atoms with E-state index >= 15 is 0 Å². The van der Waals surface area contributed by atoms with Crippen LogP contribution in [-0.4, -0.2) is 24.0 Å². The van der Waals surface area contributed by atoms with E-state index in [0.717, 1.165) is 0 Å². The lowest BCUT2D eigenvalue weighted by Gasteiger charge is -2.05.